The van der Waals surface area contributed by atoms with Gasteiger partial charge in [-0.2, -0.15) is 0 Å². The maximum absolute atomic E-state index is 11.9. The number of nitrogens with two attached hydrogens (primary N) is 1. The van der Waals surface area contributed by atoms with E-state index in [0.717, 1.165) is 5.56 Å². The number of esters is 1. The Morgan fingerprint density at radius 3 is 2.50 bits per heavy atom. The summed E-state index contributed by atoms with van der Waals surface area (Å²) in [6, 6.07) is 9.24. The Labute approximate surface area is 106 Å². The summed E-state index contributed by atoms with van der Waals surface area (Å²) in [7, 11) is 0. The molecule has 2 N–H and O–H groups in total. The van der Waals surface area contributed by atoms with Crippen LogP contribution in [-0.4, -0.2) is 11.9 Å². The smallest absolute Gasteiger partial charge is 0.322 e. The lowest BCUT2D eigenvalue weighted by Gasteiger charge is -2.22. The summed E-state index contributed by atoms with van der Waals surface area (Å²) in [5, 5.41) is 0. The average molecular weight is 247 g/mol. The Hall–Kier alpha value is -2.10. The van der Waals surface area contributed by atoms with E-state index < -0.39 is 17.3 Å². The summed E-state index contributed by atoms with van der Waals surface area (Å²) < 4.78 is 5.12. The molecular weight excluding hydrogens is 230 g/mol. The quantitative estimate of drug-likeness (QED) is 0.473. The number of carbonyl (C=O) groups is 2. The first-order chi connectivity index (χ1) is 8.50. The molecule has 0 fully saturated rings. The topological polar surface area (TPSA) is 69.4 Å². The Kier molecular flexibility index (Phi) is 4.66. The Balaban J connectivity index is 2.69. The van der Waals surface area contributed by atoms with E-state index in [2.05, 4.69) is 6.58 Å². The first-order valence-corrected chi connectivity index (χ1v) is 5.62. The van der Waals surface area contributed by atoms with E-state index in [0.29, 0.717) is 0 Å². The molecule has 0 radical (unpaired) electrons. The number of benzene rings is 1. The van der Waals surface area contributed by atoms with E-state index in [1.165, 1.54) is 13.0 Å². The highest BCUT2D eigenvalue weighted by atomic mass is 16.5. The summed E-state index contributed by atoms with van der Waals surface area (Å²) in [5.74, 6) is -1.33. The molecule has 0 bridgehead atoms. The molecule has 0 unspecified atom stereocenters. The number of hydrogen-bond donors (Lipinski definition) is 1. The third kappa shape index (κ3) is 3.20. The van der Waals surface area contributed by atoms with Crippen LogP contribution in [-0.2, 0) is 20.9 Å². The van der Waals surface area contributed by atoms with Gasteiger partial charge in [-0.15, -0.1) is 6.58 Å². The molecule has 0 saturated carbocycles. The van der Waals surface area contributed by atoms with Gasteiger partial charge in [0.1, 0.15) is 12.0 Å². The zero-order valence-corrected chi connectivity index (χ0v) is 10.4. The lowest BCUT2D eigenvalue weighted by molar-refractivity contribution is -0.160. The molecule has 0 spiro atoms. The maximum atomic E-state index is 11.9. The van der Waals surface area contributed by atoms with Crippen molar-refractivity contribution in [2.45, 2.75) is 20.0 Å². The number of primary amides is 1. The highest BCUT2D eigenvalue weighted by Crippen LogP contribution is 2.24. The molecule has 0 saturated heterocycles. The Morgan fingerprint density at radius 2 is 2.00 bits per heavy atom. The van der Waals surface area contributed by atoms with Crippen molar-refractivity contribution in [3.05, 3.63) is 48.6 Å². The minimum Gasteiger partial charge on any atom is -0.460 e. The van der Waals surface area contributed by atoms with Crippen molar-refractivity contribution in [2.75, 3.05) is 0 Å². The molecule has 0 aromatic heterocycles. The number of amides is 1. The summed E-state index contributed by atoms with van der Waals surface area (Å²) in [6.45, 7) is 5.10. The van der Waals surface area contributed by atoms with E-state index in [9.17, 15) is 9.59 Å². The summed E-state index contributed by atoms with van der Waals surface area (Å²) in [4.78, 5) is 23.2. The highest BCUT2D eigenvalue weighted by Gasteiger charge is 2.39. The molecule has 0 aliphatic carbocycles. The molecule has 1 atom stereocenters. The molecule has 4 nitrogen and oxygen atoms in total. The fourth-order valence-corrected chi connectivity index (χ4v) is 1.46. The number of ether oxygens (including phenoxy) is 1. The van der Waals surface area contributed by atoms with E-state index in [1.54, 1.807) is 0 Å². The first kappa shape index (κ1) is 14.0. The van der Waals surface area contributed by atoms with Crippen molar-refractivity contribution in [1.82, 2.24) is 0 Å². The average Bonchev–Trinajstić information content (AvgIpc) is 2.37. The van der Waals surface area contributed by atoms with Gasteiger partial charge in [-0.3, -0.25) is 9.59 Å². The van der Waals surface area contributed by atoms with E-state index in [1.807, 2.05) is 30.3 Å². The van der Waals surface area contributed by atoms with Crippen molar-refractivity contribution >= 4 is 11.9 Å². The van der Waals surface area contributed by atoms with Gasteiger partial charge in [0.25, 0.3) is 0 Å². The van der Waals surface area contributed by atoms with Crippen LogP contribution in [0, 0.1) is 5.41 Å². The first-order valence-electron chi connectivity index (χ1n) is 5.62. The Morgan fingerprint density at radius 1 is 1.39 bits per heavy atom. The third-order valence-corrected chi connectivity index (χ3v) is 2.76. The molecule has 1 aromatic carbocycles. The van der Waals surface area contributed by atoms with Gasteiger partial charge in [-0.05, 0) is 18.9 Å². The van der Waals surface area contributed by atoms with Crippen LogP contribution in [0.15, 0.2) is 43.0 Å². The molecule has 0 aliphatic rings. The van der Waals surface area contributed by atoms with Crippen molar-refractivity contribution in [3.8, 4) is 0 Å². The summed E-state index contributed by atoms with van der Waals surface area (Å²) in [6.07, 6.45) is 1.64. The molecular formula is C14H17NO3. The van der Waals surface area contributed by atoms with Gasteiger partial charge in [-0.25, -0.2) is 0 Å². The van der Waals surface area contributed by atoms with Gasteiger partial charge in [0.05, 0.1) is 0 Å². The molecule has 18 heavy (non-hydrogen) atoms. The van der Waals surface area contributed by atoms with Crippen LogP contribution in [0.25, 0.3) is 0 Å². The van der Waals surface area contributed by atoms with Gasteiger partial charge in [0, 0.05) is 0 Å². The largest absolute Gasteiger partial charge is 0.460 e. The van der Waals surface area contributed by atoms with Crippen LogP contribution in [0.1, 0.15) is 18.9 Å². The van der Waals surface area contributed by atoms with E-state index >= 15 is 0 Å². The van der Waals surface area contributed by atoms with Crippen LogP contribution in [0.3, 0.4) is 0 Å². The molecule has 0 aliphatic heterocycles. The fourth-order valence-electron chi connectivity index (χ4n) is 1.46. The highest BCUT2D eigenvalue weighted by molar-refractivity contribution is 6.01. The van der Waals surface area contributed by atoms with Gasteiger partial charge in [0.2, 0.25) is 5.91 Å². The van der Waals surface area contributed by atoms with Crippen LogP contribution in [0.4, 0.5) is 0 Å². The number of hydrogen-bond acceptors (Lipinski definition) is 3. The Bertz CT molecular complexity index is 442. The van der Waals surface area contributed by atoms with Crippen molar-refractivity contribution in [1.29, 1.82) is 0 Å². The second-order valence-electron chi connectivity index (χ2n) is 4.25. The summed E-state index contributed by atoms with van der Waals surface area (Å²) in [5.41, 5.74) is 4.75. The minimum absolute atomic E-state index is 0.125. The van der Waals surface area contributed by atoms with Crippen LogP contribution in [0.2, 0.25) is 0 Å². The molecule has 96 valence electrons. The predicted octanol–water partition coefficient (Wildman–Crippen LogP) is 1.80. The molecule has 1 aromatic rings. The summed E-state index contributed by atoms with van der Waals surface area (Å²) >= 11 is 0. The van der Waals surface area contributed by atoms with Crippen molar-refractivity contribution < 1.29 is 14.3 Å². The maximum Gasteiger partial charge on any atom is 0.322 e. The zero-order chi connectivity index (χ0) is 13.6. The van der Waals surface area contributed by atoms with Crippen molar-refractivity contribution in [3.63, 3.8) is 0 Å². The lowest BCUT2D eigenvalue weighted by atomic mass is 9.86. The molecule has 1 amide bonds. The molecule has 0 heterocycles. The van der Waals surface area contributed by atoms with E-state index in [4.69, 9.17) is 10.5 Å². The van der Waals surface area contributed by atoms with Crippen LogP contribution < -0.4 is 5.73 Å². The standard InChI is InChI=1S/C14H17NO3/c1-3-9-14(2,12(15)16)13(17)18-10-11-7-5-4-6-8-11/h3-8H,1,9-10H2,2H3,(H2,15,16)/t14-/m1/s1. The SMILES string of the molecule is C=CC[C@](C)(C(N)=O)C(=O)OCc1ccccc1. The monoisotopic (exact) mass is 247 g/mol. The normalized spacial score (nSPS) is 13.4. The number of carbonyl (C=O) groups excluding carboxylic acids is 2. The predicted molar refractivity (Wildman–Crippen MR) is 68.4 cm³/mol. The third-order valence-electron chi connectivity index (χ3n) is 2.76. The number of rotatable bonds is 6. The lowest BCUT2D eigenvalue weighted by Crippen LogP contribution is -2.42. The molecule has 4 heteroatoms. The van der Waals surface area contributed by atoms with Gasteiger partial charge in [0.15, 0.2) is 0 Å². The zero-order valence-electron chi connectivity index (χ0n) is 10.4. The fraction of sp³-hybridized carbons (Fsp3) is 0.286. The second kappa shape index (κ2) is 6.00. The minimum atomic E-state index is -1.35. The van der Waals surface area contributed by atoms with Crippen LogP contribution in [0.5, 0.6) is 0 Å². The van der Waals surface area contributed by atoms with Gasteiger partial charge < -0.3 is 10.5 Å². The van der Waals surface area contributed by atoms with E-state index in [-0.39, 0.29) is 13.0 Å². The number of allylic oxidation sites excluding steroid dienone is 1. The van der Waals surface area contributed by atoms with Crippen LogP contribution >= 0.6 is 0 Å². The van der Waals surface area contributed by atoms with Crippen molar-refractivity contribution in [2.24, 2.45) is 11.1 Å². The van der Waals surface area contributed by atoms with Gasteiger partial charge >= 0.3 is 5.97 Å². The second-order valence-corrected chi connectivity index (χ2v) is 4.25. The van der Waals surface area contributed by atoms with Gasteiger partial charge in [-0.1, -0.05) is 36.4 Å². The molecule has 1 rings (SSSR count).